The summed E-state index contributed by atoms with van der Waals surface area (Å²) in [4.78, 5) is 3.72. The van der Waals surface area contributed by atoms with Gasteiger partial charge in [0.05, 0.1) is 0 Å². The topological polar surface area (TPSA) is 36.4 Å². The number of rotatable bonds is 1. The third kappa shape index (κ3) is 1.96. The van der Waals surface area contributed by atoms with Crippen LogP contribution in [0.5, 0.6) is 0 Å². The molecule has 60 valence electrons. The van der Waals surface area contributed by atoms with E-state index in [1.165, 1.54) is 7.05 Å². The molecule has 11 heavy (non-hydrogen) atoms. The van der Waals surface area contributed by atoms with Crippen molar-refractivity contribution in [3.63, 3.8) is 0 Å². The first-order chi connectivity index (χ1) is 5.11. The van der Waals surface area contributed by atoms with Gasteiger partial charge in [0.2, 0.25) is 0 Å². The molecule has 0 saturated heterocycles. The molecule has 0 fully saturated rings. The normalized spacial score (nSPS) is 9.82. The lowest BCUT2D eigenvalue weighted by Gasteiger charge is -2.10. The van der Waals surface area contributed by atoms with Gasteiger partial charge in [-0.1, -0.05) is 23.2 Å². The lowest BCUT2D eigenvalue weighted by atomic mass is 10.4. The van der Waals surface area contributed by atoms with Crippen molar-refractivity contribution in [2.75, 3.05) is 12.1 Å². The maximum absolute atomic E-state index is 8.96. The number of nitrogens with zero attached hydrogens (tertiary/aromatic N) is 2. The standard InChI is InChI=1S/C6H6Cl2N2O/c1-10(11)4-2-3-5(7)9-6(4)8/h2-3,11H,1H3. The summed E-state index contributed by atoms with van der Waals surface area (Å²) in [6, 6.07) is 3.13. The van der Waals surface area contributed by atoms with E-state index in [0.717, 1.165) is 5.06 Å². The molecule has 0 unspecified atom stereocenters. The highest BCUT2D eigenvalue weighted by atomic mass is 35.5. The number of hydroxylamine groups is 1. The summed E-state index contributed by atoms with van der Waals surface area (Å²) in [5.41, 5.74) is 0.427. The molecule has 0 saturated carbocycles. The van der Waals surface area contributed by atoms with E-state index in [-0.39, 0.29) is 5.15 Å². The van der Waals surface area contributed by atoms with Gasteiger partial charge in [0.25, 0.3) is 0 Å². The van der Waals surface area contributed by atoms with Crippen LogP contribution in [0.2, 0.25) is 10.3 Å². The van der Waals surface area contributed by atoms with Crippen LogP contribution >= 0.6 is 23.2 Å². The van der Waals surface area contributed by atoms with Gasteiger partial charge in [-0.15, -0.1) is 0 Å². The monoisotopic (exact) mass is 192 g/mol. The third-order valence-corrected chi connectivity index (χ3v) is 1.63. The minimum absolute atomic E-state index is 0.183. The summed E-state index contributed by atoms with van der Waals surface area (Å²) in [6.45, 7) is 0. The number of halogens is 2. The maximum Gasteiger partial charge on any atom is 0.156 e. The van der Waals surface area contributed by atoms with E-state index in [0.29, 0.717) is 10.8 Å². The van der Waals surface area contributed by atoms with Gasteiger partial charge in [-0.05, 0) is 12.1 Å². The van der Waals surface area contributed by atoms with Crippen molar-refractivity contribution in [3.8, 4) is 0 Å². The zero-order chi connectivity index (χ0) is 8.43. The molecule has 0 radical (unpaired) electrons. The van der Waals surface area contributed by atoms with Crippen molar-refractivity contribution in [1.29, 1.82) is 0 Å². The van der Waals surface area contributed by atoms with Gasteiger partial charge in [-0.2, -0.15) is 0 Å². The average molecular weight is 193 g/mol. The molecule has 1 rings (SSSR count). The van der Waals surface area contributed by atoms with E-state index in [4.69, 9.17) is 28.4 Å². The number of hydrogen-bond acceptors (Lipinski definition) is 3. The molecule has 0 amide bonds. The van der Waals surface area contributed by atoms with Crippen LogP contribution in [0, 0.1) is 0 Å². The van der Waals surface area contributed by atoms with E-state index >= 15 is 0 Å². The van der Waals surface area contributed by atoms with E-state index in [9.17, 15) is 0 Å². The minimum Gasteiger partial charge on any atom is -0.289 e. The largest absolute Gasteiger partial charge is 0.289 e. The van der Waals surface area contributed by atoms with Crippen LogP contribution in [-0.2, 0) is 0 Å². The van der Waals surface area contributed by atoms with Gasteiger partial charge in [0, 0.05) is 7.05 Å². The van der Waals surface area contributed by atoms with Crippen molar-refractivity contribution in [1.82, 2.24) is 4.98 Å². The Balaban J connectivity index is 3.09. The molecule has 0 aromatic carbocycles. The molecular formula is C6H6Cl2N2O. The molecule has 5 heteroatoms. The van der Waals surface area contributed by atoms with Gasteiger partial charge in [-0.3, -0.25) is 10.3 Å². The molecule has 3 nitrogen and oxygen atoms in total. The van der Waals surface area contributed by atoms with Crippen LogP contribution in [-0.4, -0.2) is 17.2 Å². The van der Waals surface area contributed by atoms with Crippen LogP contribution in [0.1, 0.15) is 0 Å². The molecular weight excluding hydrogens is 187 g/mol. The molecule has 0 aliphatic carbocycles. The van der Waals surface area contributed by atoms with Gasteiger partial charge in [-0.25, -0.2) is 4.98 Å². The van der Waals surface area contributed by atoms with Crippen LogP contribution in [0.4, 0.5) is 5.69 Å². The van der Waals surface area contributed by atoms with Crippen molar-refractivity contribution in [2.45, 2.75) is 0 Å². The molecule has 0 spiro atoms. The number of anilines is 1. The summed E-state index contributed by atoms with van der Waals surface area (Å²) in [6.07, 6.45) is 0. The second-order valence-corrected chi connectivity index (χ2v) is 2.71. The fourth-order valence-electron chi connectivity index (χ4n) is 0.646. The molecule has 1 aromatic heterocycles. The van der Waals surface area contributed by atoms with Crippen LogP contribution in [0.25, 0.3) is 0 Å². The molecule has 1 N–H and O–H groups in total. The highest BCUT2D eigenvalue weighted by molar-refractivity contribution is 6.34. The zero-order valence-corrected chi connectivity index (χ0v) is 7.26. The summed E-state index contributed by atoms with van der Waals surface area (Å²) >= 11 is 11.2. The van der Waals surface area contributed by atoms with E-state index in [2.05, 4.69) is 4.98 Å². The predicted molar refractivity (Wildman–Crippen MR) is 44.4 cm³/mol. The predicted octanol–water partition coefficient (Wildman–Crippen LogP) is 2.21. The van der Waals surface area contributed by atoms with E-state index in [1.807, 2.05) is 0 Å². The molecule has 0 bridgehead atoms. The Kier molecular flexibility index (Phi) is 2.54. The minimum atomic E-state index is 0.183. The lowest BCUT2D eigenvalue weighted by molar-refractivity contribution is 0.279. The molecule has 1 aromatic rings. The van der Waals surface area contributed by atoms with Gasteiger partial charge in [0.1, 0.15) is 10.8 Å². The molecule has 0 atom stereocenters. The first-order valence-electron chi connectivity index (χ1n) is 2.86. The van der Waals surface area contributed by atoms with Crippen molar-refractivity contribution < 1.29 is 5.21 Å². The summed E-state index contributed by atoms with van der Waals surface area (Å²) in [5, 5.41) is 10.3. The number of aromatic nitrogens is 1. The number of hydrogen-bond donors (Lipinski definition) is 1. The average Bonchev–Trinajstić information content (AvgIpc) is 1.85. The first-order valence-corrected chi connectivity index (χ1v) is 3.61. The second-order valence-electron chi connectivity index (χ2n) is 1.97. The maximum atomic E-state index is 8.96. The number of pyridine rings is 1. The fourth-order valence-corrected chi connectivity index (χ4v) is 1.11. The highest BCUT2D eigenvalue weighted by Crippen LogP contribution is 2.23. The third-order valence-electron chi connectivity index (χ3n) is 1.14. The molecule has 0 aliphatic rings. The summed E-state index contributed by atoms with van der Waals surface area (Å²) < 4.78 is 0. The Bertz CT molecular complexity index is 265. The van der Waals surface area contributed by atoms with Crippen LogP contribution in [0.3, 0.4) is 0 Å². The molecule has 1 heterocycles. The Morgan fingerprint density at radius 1 is 1.45 bits per heavy atom. The van der Waals surface area contributed by atoms with Crippen LogP contribution < -0.4 is 5.06 Å². The zero-order valence-electron chi connectivity index (χ0n) is 5.75. The highest BCUT2D eigenvalue weighted by Gasteiger charge is 2.04. The van der Waals surface area contributed by atoms with Gasteiger partial charge in [0.15, 0.2) is 5.15 Å². The Morgan fingerprint density at radius 3 is 2.55 bits per heavy atom. The summed E-state index contributed by atoms with van der Waals surface area (Å²) in [5.74, 6) is 0. The summed E-state index contributed by atoms with van der Waals surface area (Å²) in [7, 11) is 1.46. The first kappa shape index (κ1) is 8.59. The smallest absolute Gasteiger partial charge is 0.156 e. The van der Waals surface area contributed by atoms with Crippen molar-refractivity contribution in [3.05, 3.63) is 22.4 Å². The van der Waals surface area contributed by atoms with E-state index in [1.54, 1.807) is 12.1 Å². The molecule has 0 aliphatic heterocycles. The fraction of sp³-hybridized carbons (Fsp3) is 0.167. The lowest BCUT2D eigenvalue weighted by Crippen LogP contribution is -2.10. The van der Waals surface area contributed by atoms with Crippen molar-refractivity contribution >= 4 is 28.9 Å². The Morgan fingerprint density at radius 2 is 2.09 bits per heavy atom. The van der Waals surface area contributed by atoms with E-state index < -0.39 is 0 Å². The van der Waals surface area contributed by atoms with Gasteiger partial charge < -0.3 is 0 Å². The Labute approximate surface area is 74.1 Å². The van der Waals surface area contributed by atoms with Gasteiger partial charge >= 0.3 is 0 Å². The SMILES string of the molecule is CN(O)c1ccc(Cl)nc1Cl. The van der Waals surface area contributed by atoms with Crippen molar-refractivity contribution in [2.24, 2.45) is 0 Å². The quantitative estimate of drug-likeness (QED) is 0.548. The second kappa shape index (κ2) is 3.26. The Hall–Kier alpha value is -0.510. The van der Waals surface area contributed by atoms with Crippen LogP contribution in [0.15, 0.2) is 12.1 Å².